The van der Waals surface area contributed by atoms with Crippen LogP contribution in [0.2, 0.25) is 0 Å². The minimum absolute atomic E-state index is 0.0471. The number of aromatic nitrogens is 8. The average molecular weight is 835 g/mol. The van der Waals surface area contributed by atoms with Gasteiger partial charge in [0.2, 0.25) is 0 Å². The van der Waals surface area contributed by atoms with Crippen molar-refractivity contribution in [3.8, 4) is 45.6 Å². The summed E-state index contributed by atoms with van der Waals surface area (Å²) in [5.74, 6) is -0.428. The second-order valence-electron chi connectivity index (χ2n) is 12.2. The number of nitrogens with one attached hydrogen (secondary N) is 2. The van der Waals surface area contributed by atoms with E-state index in [0.29, 0.717) is 33.2 Å². The highest BCUT2D eigenvalue weighted by Crippen LogP contribution is 2.45. The predicted molar refractivity (Wildman–Crippen MR) is 195 cm³/mol. The van der Waals surface area contributed by atoms with Crippen molar-refractivity contribution in [2.24, 2.45) is 0 Å². The fourth-order valence-corrected chi connectivity index (χ4v) is 11.7. The van der Waals surface area contributed by atoms with Gasteiger partial charge in [-0.05, 0) is 0 Å². The molecule has 0 atom stereocenters. The van der Waals surface area contributed by atoms with E-state index in [1.165, 1.54) is 12.1 Å². The maximum absolute atomic E-state index is 13.2. The van der Waals surface area contributed by atoms with Gasteiger partial charge in [0.1, 0.15) is 42.2 Å². The first kappa shape index (κ1) is 35.6. The minimum atomic E-state index is -6.24. The molecule has 0 amide bonds. The van der Waals surface area contributed by atoms with E-state index in [1.807, 2.05) is 0 Å². The molecule has 7 aromatic rings. The van der Waals surface area contributed by atoms with E-state index in [1.54, 1.807) is 60.7 Å². The number of rotatable bonds is 4. The van der Waals surface area contributed by atoms with Crippen LogP contribution in [-0.4, -0.2) is 91.8 Å². The number of aromatic amines is 2. The summed E-state index contributed by atoms with van der Waals surface area (Å²) in [4.78, 5) is 24.5. The van der Waals surface area contributed by atoms with E-state index in [9.17, 15) is 51.9 Å². The van der Waals surface area contributed by atoms with Gasteiger partial charge < -0.3 is 9.97 Å². The average Bonchev–Trinajstić information content (AvgIpc) is 3.84. The molecule has 9 rings (SSSR count). The number of fused-ring (bicyclic) bond motifs is 20. The van der Waals surface area contributed by atoms with Crippen LogP contribution in [-0.2, 0) is 40.5 Å². The summed E-state index contributed by atoms with van der Waals surface area (Å²) < 4.78 is 146. The lowest BCUT2D eigenvalue weighted by Crippen LogP contribution is -2.19. The Balaban J connectivity index is 1.65. The Morgan fingerprint density at radius 3 is 0.929 bits per heavy atom. The molecular weight excluding hydrogens is 817 g/mol. The summed E-state index contributed by atoms with van der Waals surface area (Å²) in [6.07, 6.45) is 0. The minimum Gasteiger partial charge on any atom is -0.324 e. The second kappa shape index (κ2) is 11.7. The summed E-state index contributed by atoms with van der Waals surface area (Å²) >= 11 is 0. The molecular formula is C32H18N8O12S4. The van der Waals surface area contributed by atoms with Gasteiger partial charge >= 0.3 is 0 Å². The lowest BCUT2D eigenvalue weighted by molar-refractivity contribution is 0.449. The highest BCUT2D eigenvalue weighted by Gasteiger charge is 2.43. The summed E-state index contributed by atoms with van der Waals surface area (Å²) in [6.45, 7) is 0. The smallest absolute Gasteiger partial charge is 0.297 e. The van der Waals surface area contributed by atoms with Crippen LogP contribution >= 0.6 is 0 Å². The number of hydrogen-bond donors (Lipinski definition) is 6. The molecule has 24 heteroatoms. The van der Waals surface area contributed by atoms with Gasteiger partial charge in [0.15, 0.2) is 23.3 Å². The lowest BCUT2D eigenvalue weighted by atomic mass is 10.1. The van der Waals surface area contributed by atoms with Gasteiger partial charge in [-0.15, -0.1) is 0 Å². The van der Waals surface area contributed by atoms with Crippen molar-refractivity contribution in [2.75, 3.05) is 0 Å². The summed E-state index contributed by atoms with van der Waals surface area (Å²) in [7, 11) is -24.6. The second-order valence-corrected chi connectivity index (χ2v) is 17.6. The number of H-pyrrole nitrogens is 2. The van der Waals surface area contributed by atoms with Crippen LogP contribution in [0.25, 0.3) is 89.7 Å². The molecule has 2 aliphatic rings. The van der Waals surface area contributed by atoms with Crippen LogP contribution in [0.15, 0.2) is 92.4 Å². The molecule has 0 saturated heterocycles. The first-order chi connectivity index (χ1) is 26.3. The quantitative estimate of drug-likeness (QED) is 0.137. The van der Waals surface area contributed by atoms with Crippen molar-refractivity contribution in [2.45, 2.75) is 19.6 Å². The Bertz CT molecular complexity index is 3380. The van der Waals surface area contributed by atoms with E-state index >= 15 is 0 Å². The number of hydrogen-bond acceptors (Lipinski definition) is 14. The standard InChI is InChI=1S/C32H18N8O12S4/c41-53(42,43)21-19-20(22(54(44,45)46)24(56(50,51)52)23(21)55(47,48)49)32-39-30-18-12-6-4-10-16(18)28(37-30)35-26-14-8-2-1-7-13(14)25(33-26)34-27-15-9-3-5-11-17(15)29(36-27)38-31(19)40-32/h1-12H,(H,41,42,43)(H,44,45,46)(H,47,48,49)(H,50,51,52)(H2,33,34,35,36,37,38,39,40). The lowest BCUT2D eigenvalue weighted by Gasteiger charge is -2.14. The van der Waals surface area contributed by atoms with Crippen molar-refractivity contribution in [3.05, 3.63) is 72.8 Å². The molecule has 5 heterocycles. The van der Waals surface area contributed by atoms with Gasteiger partial charge in [-0.1, -0.05) is 72.8 Å². The maximum Gasteiger partial charge on any atom is 0.297 e. The largest absolute Gasteiger partial charge is 0.324 e. The molecule has 20 nitrogen and oxygen atoms in total. The summed E-state index contributed by atoms with van der Waals surface area (Å²) in [5.41, 5.74) is 0.187. The van der Waals surface area contributed by atoms with Crippen LogP contribution in [0.4, 0.5) is 0 Å². The molecule has 56 heavy (non-hydrogen) atoms. The Kier molecular flexibility index (Phi) is 7.43. The molecule has 0 saturated carbocycles. The van der Waals surface area contributed by atoms with Crippen molar-refractivity contribution in [3.63, 3.8) is 0 Å². The van der Waals surface area contributed by atoms with Gasteiger partial charge in [-0.3, -0.25) is 18.2 Å². The molecule has 3 aromatic heterocycles. The third kappa shape index (κ3) is 5.46. The fraction of sp³-hybridized carbons (Fsp3) is 0. The van der Waals surface area contributed by atoms with E-state index < -0.39 is 82.1 Å². The van der Waals surface area contributed by atoms with Crippen LogP contribution in [0.3, 0.4) is 0 Å². The highest BCUT2D eigenvalue weighted by molar-refractivity contribution is 7.91. The Morgan fingerprint density at radius 1 is 0.357 bits per heavy atom. The van der Waals surface area contributed by atoms with Crippen molar-refractivity contribution >= 4 is 84.6 Å². The van der Waals surface area contributed by atoms with E-state index in [-0.39, 0.29) is 34.4 Å². The topological polar surface area (TPSA) is 326 Å². The van der Waals surface area contributed by atoms with E-state index in [4.69, 9.17) is 9.97 Å². The van der Waals surface area contributed by atoms with Gasteiger partial charge in [0.05, 0.1) is 10.8 Å². The van der Waals surface area contributed by atoms with Crippen LogP contribution < -0.4 is 0 Å². The predicted octanol–water partition coefficient (Wildman–Crippen LogP) is 3.86. The Labute approximate surface area is 313 Å². The molecule has 282 valence electrons. The third-order valence-corrected chi connectivity index (χ3v) is 12.9. The first-order valence-electron chi connectivity index (χ1n) is 15.5. The van der Waals surface area contributed by atoms with Crippen LogP contribution in [0, 0.1) is 0 Å². The molecule has 0 unspecified atom stereocenters. The number of benzene rings is 4. The summed E-state index contributed by atoms with van der Waals surface area (Å²) in [6, 6.07) is 19.9. The zero-order valence-electron chi connectivity index (χ0n) is 27.3. The molecule has 0 fully saturated rings. The Morgan fingerprint density at radius 2 is 0.625 bits per heavy atom. The summed E-state index contributed by atoms with van der Waals surface area (Å²) in [5, 5.41) is -1.17. The van der Waals surface area contributed by atoms with Crippen LogP contribution in [0.1, 0.15) is 0 Å². The van der Waals surface area contributed by atoms with Crippen molar-refractivity contribution in [1.29, 1.82) is 0 Å². The fourth-order valence-electron chi connectivity index (χ4n) is 6.75. The van der Waals surface area contributed by atoms with Crippen molar-refractivity contribution in [1.82, 2.24) is 39.9 Å². The Hall–Kier alpha value is -6.12. The van der Waals surface area contributed by atoms with Gasteiger partial charge in [0.25, 0.3) is 40.5 Å². The maximum atomic E-state index is 13.2. The molecule has 8 bridgehead atoms. The molecule has 0 radical (unpaired) electrons. The zero-order valence-corrected chi connectivity index (χ0v) is 30.6. The normalized spacial score (nSPS) is 13.2. The zero-order chi connectivity index (χ0) is 39.7. The van der Waals surface area contributed by atoms with Crippen LogP contribution in [0.5, 0.6) is 0 Å². The molecule has 0 spiro atoms. The number of nitrogens with zero attached hydrogens (tertiary/aromatic N) is 6. The van der Waals surface area contributed by atoms with Gasteiger partial charge in [0, 0.05) is 33.0 Å². The highest BCUT2D eigenvalue weighted by atomic mass is 32.2. The first-order valence-corrected chi connectivity index (χ1v) is 21.3. The molecule has 4 aromatic carbocycles. The molecule has 6 N–H and O–H groups in total. The van der Waals surface area contributed by atoms with Gasteiger partial charge in [-0.25, -0.2) is 29.9 Å². The monoisotopic (exact) mass is 834 g/mol. The van der Waals surface area contributed by atoms with E-state index in [2.05, 4.69) is 29.9 Å². The van der Waals surface area contributed by atoms with Crippen molar-refractivity contribution < 1.29 is 51.9 Å². The van der Waals surface area contributed by atoms with E-state index in [0.717, 1.165) is 0 Å². The molecule has 2 aliphatic heterocycles. The van der Waals surface area contributed by atoms with Gasteiger partial charge in [-0.2, -0.15) is 33.7 Å². The SMILES string of the molecule is O=S(=O)(O)c1c(S(=O)(=O)O)c(S(=O)(=O)O)c2c3nc4nc(nc5[nH]c(nc6nc(nc([nH]3)c2c1S(=O)(=O)O)-c1ccccc1-6)c1ccccc51)-c1ccccc1-4. The third-order valence-electron chi connectivity index (χ3n) is 8.85. The molecule has 0 aliphatic carbocycles.